The summed E-state index contributed by atoms with van der Waals surface area (Å²) in [6.45, 7) is 2.16. The minimum absolute atomic E-state index is 0.401. The molecule has 2 nitrogen and oxygen atoms in total. The summed E-state index contributed by atoms with van der Waals surface area (Å²) in [5.74, 6) is 2.64. The van der Waals surface area contributed by atoms with Gasteiger partial charge >= 0.3 is 0 Å². The van der Waals surface area contributed by atoms with Gasteiger partial charge in [0, 0.05) is 6.04 Å². The Bertz CT molecular complexity index is 211. The first-order valence-corrected chi connectivity index (χ1v) is 5.46. The number of nitriles is 1. The zero-order chi connectivity index (χ0) is 9.26. The third kappa shape index (κ3) is 1.65. The van der Waals surface area contributed by atoms with Crippen LogP contribution in [0.5, 0.6) is 0 Å². The third-order valence-corrected chi connectivity index (χ3v) is 4.04. The van der Waals surface area contributed by atoms with Gasteiger partial charge in [0.25, 0.3) is 0 Å². The summed E-state index contributed by atoms with van der Waals surface area (Å²) in [6.07, 6.45) is 9.14. The number of hydrogen-bond donors (Lipinski definition) is 1. The van der Waals surface area contributed by atoms with E-state index in [1.54, 1.807) is 0 Å². The molecule has 0 saturated heterocycles. The average molecular weight is 178 g/mol. The summed E-state index contributed by atoms with van der Waals surface area (Å²) < 4.78 is 0. The van der Waals surface area contributed by atoms with Gasteiger partial charge in [-0.05, 0) is 43.9 Å². The third-order valence-electron chi connectivity index (χ3n) is 4.04. The van der Waals surface area contributed by atoms with Crippen LogP contribution in [-0.2, 0) is 0 Å². The van der Waals surface area contributed by atoms with Crippen molar-refractivity contribution in [3.05, 3.63) is 0 Å². The van der Waals surface area contributed by atoms with Crippen molar-refractivity contribution < 1.29 is 0 Å². The molecule has 2 heteroatoms. The van der Waals surface area contributed by atoms with Gasteiger partial charge in [-0.2, -0.15) is 5.26 Å². The number of nitrogens with zero attached hydrogens (tertiary/aromatic N) is 1. The lowest BCUT2D eigenvalue weighted by molar-refractivity contribution is 0.0794. The maximum atomic E-state index is 8.58. The standard InChI is InChI=1S/C11H18N2/c1-8(13-7-12)11-6-9-2-4-10(11)5-3-9/h8-11,13H,2-6H2,1H3. The van der Waals surface area contributed by atoms with Crippen molar-refractivity contribution in [3.63, 3.8) is 0 Å². The zero-order valence-corrected chi connectivity index (χ0v) is 8.29. The zero-order valence-electron chi connectivity index (χ0n) is 8.29. The lowest BCUT2D eigenvalue weighted by Gasteiger charge is -2.44. The van der Waals surface area contributed by atoms with Crippen molar-refractivity contribution in [2.45, 2.75) is 45.1 Å². The predicted molar refractivity (Wildman–Crippen MR) is 51.8 cm³/mol. The number of rotatable bonds is 2. The maximum absolute atomic E-state index is 8.58. The molecule has 3 fully saturated rings. The Hall–Kier alpha value is -0.710. The summed E-state index contributed by atoms with van der Waals surface area (Å²) in [4.78, 5) is 0. The van der Waals surface area contributed by atoms with Crippen molar-refractivity contribution in [1.29, 1.82) is 5.26 Å². The molecule has 0 radical (unpaired) electrons. The number of nitrogens with one attached hydrogen (secondary N) is 1. The van der Waals surface area contributed by atoms with Gasteiger partial charge in [-0.25, -0.2) is 0 Å². The summed E-state index contributed by atoms with van der Waals surface area (Å²) in [5.41, 5.74) is 0. The Morgan fingerprint density at radius 1 is 1.31 bits per heavy atom. The molecule has 3 aliphatic carbocycles. The molecule has 13 heavy (non-hydrogen) atoms. The highest BCUT2D eigenvalue weighted by Gasteiger charge is 2.37. The van der Waals surface area contributed by atoms with Crippen LogP contribution in [0.1, 0.15) is 39.0 Å². The Kier molecular flexibility index (Phi) is 2.44. The predicted octanol–water partition coefficient (Wildman–Crippen LogP) is 2.27. The molecule has 2 atom stereocenters. The van der Waals surface area contributed by atoms with Crippen LogP contribution in [0.3, 0.4) is 0 Å². The van der Waals surface area contributed by atoms with Crippen LogP contribution >= 0.6 is 0 Å². The molecule has 2 unspecified atom stereocenters. The van der Waals surface area contributed by atoms with Gasteiger partial charge < -0.3 is 5.32 Å². The molecule has 3 aliphatic rings. The Balaban J connectivity index is 1.97. The highest BCUT2D eigenvalue weighted by Crippen LogP contribution is 2.46. The SMILES string of the molecule is CC(NC#N)C1CC2CCC1CC2. The average Bonchev–Trinajstić information content (AvgIpc) is 2.20. The van der Waals surface area contributed by atoms with E-state index in [9.17, 15) is 0 Å². The molecule has 0 heterocycles. The summed E-state index contributed by atoms with van der Waals surface area (Å²) in [5, 5.41) is 11.5. The minimum atomic E-state index is 0.401. The molecule has 72 valence electrons. The summed E-state index contributed by atoms with van der Waals surface area (Å²) >= 11 is 0. The van der Waals surface area contributed by atoms with E-state index < -0.39 is 0 Å². The van der Waals surface area contributed by atoms with Gasteiger partial charge in [0.1, 0.15) is 0 Å². The number of fused-ring (bicyclic) bond motifs is 3. The highest BCUT2D eigenvalue weighted by atomic mass is 14.9. The fraction of sp³-hybridized carbons (Fsp3) is 0.909. The van der Waals surface area contributed by atoms with Crippen molar-refractivity contribution >= 4 is 0 Å². The van der Waals surface area contributed by atoms with E-state index in [4.69, 9.17) is 5.26 Å². The van der Waals surface area contributed by atoms with Crippen LogP contribution in [0.4, 0.5) is 0 Å². The molecule has 0 aromatic heterocycles. The Morgan fingerprint density at radius 3 is 2.46 bits per heavy atom. The van der Waals surface area contributed by atoms with Crippen molar-refractivity contribution in [2.75, 3.05) is 0 Å². The summed E-state index contributed by atoms with van der Waals surface area (Å²) in [7, 11) is 0. The van der Waals surface area contributed by atoms with Gasteiger partial charge in [-0.15, -0.1) is 0 Å². The first-order chi connectivity index (χ1) is 6.31. The second kappa shape index (κ2) is 3.57. The second-order valence-corrected chi connectivity index (χ2v) is 4.73. The van der Waals surface area contributed by atoms with Gasteiger partial charge in [-0.3, -0.25) is 0 Å². The first kappa shape index (κ1) is 8.87. The van der Waals surface area contributed by atoms with Crippen molar-refractivity contribution in [3.8, 4) is 6.19 Å². The van der Waals surface area contributed by atoms with E-state index in [0.717, 1.165) is 17.8 Å². The van der Waals surface area contributed by atoms with Gasteiger partial charge in [0.2, 0.25) is 0 Å². The topological polar surface area (TPSA) is 35.8 Å². The molecular formula is C11H18N2. The second-order valence-electron chi connectivity index (χ2n) is 4.73. The lowest BCUT2D eigenvalue weighted by Crippen LogP contribution is -2.42. The van der Waals surface area contributed by atoms with Crippen LogP contribution in [-0.4, -0.2) is 6.04 Å². The first-order valence-electron chi connectivity index (χ1n) is 5.46. The van der Waals surface area contributed by atoms with Crippen LogP contribution in [0.15, 0.2) is 0 Å². The van der Waals surface area contributed by atoms with Gasteiger partial charge in [-0.1, -0.05) is 12.8 Å². The molecule has 0 aromatic rings. The Morgan fingerprint density at radius 2 is 2.00 bits per heavy atom. The summed E-state index contributed by atoms with van der Waals surface area (Å²) in [6, 6.07) is 0.401. The molecule has 0 aliphatic heterocycles. The quantitative estimate of drug-likeness (QED) is 0.520. The fourth-order valence-corrected chi connectivity index (χ4v) is 3.25. The molecule has 1 N–H and O–H groups in total. The van der Waals surface area contributed by atoms with E-state index in [1.165, 1.54) is 32.1 Å². The van der Waals surface area contributed by atoms with Crippen molar-refractivity contribution in [1.82, 2.24) is 5.32 Å². The van der Waals surface area contributed by atoms with E-state index in [1.807, 2.05) is 0 Å². The molecule has 0 aromatic carbocycles. The van der Waals surface area contributed by atoms with Crippen LogP contribution in [0.25, 0.3) is 0 Å². The van der Waals surface area contributed by atoms with Crippen LogP contribution < -0.4 is 5.32 Å². The van der Waals surface area contributed by atoms with Crippen LogP contribution in [0.2, 0.25) is 0 Å². The smallest absolute Gasteiger partial charge is 0.176 e. The maximum Gasteiger partial charge on any atom is 0.176 e. The molecule has 3 saturated carbocycles. The highest BCUT2D eigenvalue weighted by molar-refractivity contribution is 4.92. The normalized spacial score (nSPS) is 39.5. The van der Waals surface area contributed by atoms with E-state index in [0.29, 0.717) is 6.04 Å². The fourth-order valence-electron chi connectivity index (χ4n) is 3.25. The molecule has 0 spiro atoms. The molecule has 3 rings (SSSR count). The largest absolute Gasteiger partial charge is 0.321 e. The molecule has 2 bridgehead atoms. The number of hydrogen-bond acceptors (Lipinski definition) is 2. The molecular weight excluding hydrogens is 160 g/mol. The minimum Gasteiger partial charge on any atom is -0.321 e. The van der Waals surface area contributed by atoms with Gasteiger partial charge in [0.15, 0.2) is 6.19 Å². The van der Waals surface area contributed by atoms with E-state index in [2.05, 4.69) is 18.4 Å². The van der Waals surface area contributed by atoms with Crippen LogP contribution in [0, 0.1) is 29.2 Å². The van der Waals surface area contributed by atoms with E-state index in [-0.39, 0.29) is 0 Å². The van der Waals surface area contributed by atoms with Gasteiger partial charge in [0.05, 0.1) is 0 Å². The molecule has 0 amide bonds. The monoisotopic (exact) mass is 178 g/mol. The van der Waals surface area contributed by atoms with E-state index >= 15 is 0 Å². The van der Waals surface area contributed by atoms with Crippen molar-refractivity contribution in [2.24, 2.45) is 17.8 Å². The lowest BCUT2D eigenvalue weighted by atomic mass is 9.63. The Labute approximate surface area is 80.3 Å².